The van der Waals surface area contributed by atoms with E-state index in [2.05, 4.69) is 0 Å². The van der Waals surface area contributed by atoms with E-state index >= 15 is 0 Å². The van der Waals surface area contributed by atoms with Crippen molar-refractivity contribution in [1.82, 2.24) is 0 Å². The van der Waals surface area contributed by atoms with Crippen LogP contribution >= 0.6 is 0 Å². The largest absolute Gasteiger partial charge is 0.370 e. The minimum Gasteiger partial charge on any atom is -0.370 e. The molecule has 0 aromatic heterocycles. The summed E-state index contributed by atoms with van der Waals surface area (Å²) < 4.78 is 25.8. The highest BCUT2D eigenvalue weighted by Crippen LogP contribution is 2.24. The van der Waals surface area contributed by atoms with E-state index in [1.165, 1.54) is 24.3 Å². The zero-order valence-electron chi connectivity index (χ0n) is 10.9. The first-order chi connectivity index (χ1) is 9.54. The molecule has 0 spiro atoms. The van der Waals surface area contributed by atoms with Crippen molar-refractivity contribution in [1.29, 1.82) is 0 Å². The summed E-state index contributed by atoms with van der Waals surface area (Å²) in [4.78, 5) is 11.2. The molecule has 0 saturated heterocycles. The predicted molar refractivity (Wildman–Crippen MR) is 73.1 cm³/mol. The highest BCUT2D eigenvalue weighted by molar-refractivity contribution is 5.74. The van der Waals surface area contributed by atoms with Crippen molar-refractivity contribution in [3.05, 3.63) is 71.3 Å². The summed E-state index contributed by atoms with van der Waals surface area (Å²) in [5.74, 6) is -1.18. The Hall–Kier alpha value is -2.23. The van der Waals surface area contributed by atoms with Crippen molar-refractivity contribution < 1.29 is 13.6 Å². The van der Waals surface area contributed by atoms with Gasteiger partial charge in [-0.15, -0.1) is 0 Å². The van der Waals surface area contributed by atoms with Gasteiger partial charge in [-0.3, -0.25) is 4.79 Å². The van der Waals surface area contributed by atoms with Crippen LogP contribution in [0.2, 0.25) is 0 Å². The van der Waals surface area contributed by atoms with Crippen LogP contribution in [0.25, 0.3) is 0 Å². The number of primary amides is 1. The van der Waals surface area contributed by atoms with Crippen LogP contribution in [0.3, 0.4) is 0 Å². The first-order valence-corrected chi connectivity index (χ1v) is 6.33. The van der Waals surface area contributed by atoms with Gasteiger partial charge in [0.1, 0.15) is 11.6 Å². The molecule has 0 radical (unpaired) electrons. The van der Waals surface area contributed by atoms with E-state index in [9.17, 15) is 13.6 Å². The number of hydrogen-bond acceptors (Lipinski definition) is 1. The third kappa shape index (κ3) is 3.88. The quantitative estimate of drug-likeness (QED) is 0.894. The molecule has 0 aliphatic carbocycles. The first kappa shape index (κ1) is 14.2. The number of hydrogen-bond donors (Lipinski definition) is 1. The summed E-state index contributed by atoms with van der Waals surface area (Å²) in [6.07, 6.45) is 0.720. The molecule has 0 fully saturated rings. The molecule has 1 atom stereocenters. The fraction of sp³-hybridized carbons (Fsp3) is 0.188. The summed E-state index contributed by atoms with van der Waals surface area (Å²) in [5, 5.41) is 0. The monoisotopic (exact) mass is 275 g/mol. The second-order valence-corrected chi connectivity index (χ2v) is 4.75. The number of benzene rings is 2. The minimum absolute atomic E-state index is 0.140. The van der Waals surface area contributed by atoms with E-state index in [1.54, 1.807) is 24.3 Å². The Kier molecular flexibility index (Phi) is 4.45. The van der Waals surface area contributed by atoms with Crippen LogP contribution in [0, 0.1) is 11.6 Å². The van der Waals surface area contributed by atoms with Crippen LogP contribution < -0.4 is 5.73 Å². The lowest BCUT2D eigenvalue weighted by Gasteiger charge is -2.16. The molecule has 104 valence electrons. The highest BCUT2D eigenvalue weighted by Gasteiger charge is 2.15. The summed E-state index contributed by atoms with van der Waals surface area (Å²) in [6, 6.07) is 12.1. The Bertz CT molecular complexity index is 578. The van der Waals surface area contributed by atoms with E-state index in [4.69, 9.17) is 5.73 Å². The van der Waals surface area contributed by atoms with Gasteiger partial charge in [0.05, 0.1) is 0 Å². The van der Waals surface area contributed by atoms with Crippen molar-refractivity contribution in [2.45, 2.75) is 18.8 Å². The van der Waals surface area contributed by atoms with Crippen molar-refractivity contribution in [2.75, 3.05) is 0 Å². The molecule has 2 N–H and O–H groups in total. The summed E-state index contributed by atoms with van der Waals surface area (Å²) in [6.45, 7) is 0. The van der Waals surface area contributed by atoms with Crippen molar-refractivity contribution in [3.63, 3.8) is 0 Å². The minimum atomic E-state index is -0.415. The Morgan fingerprint density at radius 1 is 0.950 bits per heavy atom. The Morgan fingerprint density at radius 3 is 1.95 bits per heavy atom. The molecule has 2 rings (SSSR count). The molecule has 0 aliphatic heterocycles. The fourth-order valence-corrected chi connectivity index (χ4v) is 2.19. The third-order valence-electron chi connectivity index (χ3n) is 3.18. The fourth-order valence-electron chi connectivity index (χ4n) is 2.19. The van der Waals surface area contributed by atoms with Crippen LogP contribution in [0.5, 0.6) is 0 Å². The normalized spacial score (nSPS) is 12.1. The van der Waals surface area contributed by atoms with Gasteiger partial charge in [-0.05, 0) is 47.7 Å². The molecule has 0 heterocycles. The standard InChI is InChI=1S/C16H15F2NO/c17-14-5-1-11(2-6-14)9-13(10-16(19)20)12-3-7-15(18)8-4-12/h1-8,13H,9-10H2,(H2,19,20). The maximum Gasteiger partial charge on any atom is 0.218 e. The summed E-state index contributed by atoms with van der Waals surface area (Å²) in [7, 11) is 0. The third-order valence-corrected chi connectivity index (χ3v) is 3.18. The summed E-state index contributed by atoms with van der Waals surface area (Å²) >= 11 is 0. The Balaban J connectivity index is 2.21. The smallest absolute Gasteiger partial charge is 0.218 e. The lowest BCUT2D eigenvalue weighted by atomic mass is 9.89. The van der Waals surface area contributed by atoms with Gasteiger partial charge in [-0.25, -0.2) is 8.78 Å². The van der Waals surface area contributed by atoms with Gasteiger partial charge in [0.15, 0.2) is 0 Å². The molecule has 20 heavy (non-hydrogen) atoms. The molecule has 2 nitrogen and oxygen atoms in total. The number of halogens is 2. The van der Waals surface area contributed by atoms with E-state index in [0.29, 0.717) is 6.42 Å². The van der Waals surface area contributed by atoms with Gasteiger partial charge in [0.25, 0.3) is 0 Å². The lowest BCUT2D eigenvalue weighted by Crippen LogP contribution is -2.17. The number of carbonyl (C=O) groups is 1. The molecular formula is C16H15F2NO. The molecule has 1 unspecified atom stereocenters. The lowest BCUT2D eigenvalue weighted by molar-refractivity contribution is -0.118. The van der Waals surface area contributed by atoms with Crippen molar-refractivity contribution in [2.24, 2.45) is 5.73 Å². The first-order valence-electron chi connectivity index (χ1n) is 6.33. The van der Waals surface area contributed by atoms with E-state index in [-0.39, 0.29) is 24.0 Å². The van der Waals surface area contributed by atoms with E-state index in [0.717, 1.165) is 11.1 Å². The molecule has 1 amide bonds. The molecule has 4 heteroatoms. The van der Waals surface area contributed by atoms with Gasteiger partial charge < -0.3 is 5.73 Å². The topological polar surface area (TPSA) is 43.1 Å². The number of nitrogens with two attached hydrogens (primary N) is 1. The van der Waals surface area contributed by atoms with Crippen molar-refractivity contribution >= 4 is 5.91 Å². The molecule has 0 aliphatic rings. The SMILES string of the molecule is NC(=O)CC(Cc1ccc(F)cc1)c1ccc(F)cc1. The van der Waals surface area contributed by atoms with Gasteiger partial charge in [-0.1, -0.05) is 24.3 Å². The number of carbonyl (C=O) groups excluding carboxylic acids is 1. The maximum atomic E-state index is 13.0. The number of amides is 1. The van der Waals surface area contributed by atoms with Gasteiger partial charge >= 0.3 is 0 Å². The van der Waals surface area contributed by atoms with Crippen molar-refractivity contribution in [3.8, 4) is 0 Å². The maximum absolute atomic E-state index is 13.0. The zero-order chi connectivity index (χ0) is 14.5. The van der Waals surface area contributed by atoms with Crippen LogP contribution in [-0.4, -0.2) is 5.91 Å². The Labute approximate surface area is 116 Å². The average molecular weight is 275 g/mol. The number of rotatable bonds is 5. The second-order valence-electron chi connectivity index (χ2n) is 4.75. The molecular weight excluding hydrogens is 260 g/mol. The van der Waals surface area contributed by atoms with Gasteiger partial charge in [0.2, 0.25) is 5.91 Å². The summed E-state index contributed by atoms with van der Waals surface area (Å²) in [5.41, 5.74) is 7.01. The van der Waals surface area contributed by atoms with E-state index in [1.807, 2.05) is 0 Å². The van der Waals surface area contributed by atoms with Crippen LogP contribution in [0.1, 0.15) is 23.5 Å². The highest BCUT2D eigenvalue weighted by atomic mass is 19.1. The zero-order valence-corrected chi connectivity index (χ0v) is 10.9. The molecule has 0 saturated carbocycles. The van der Waals surface area contributed by atoms with Gasteiger partial charge in [0, 0.05) is 6.42 Å². The van der Waals surface area contributed by atoms with Crippen LogP contribution in [0.4, 0.5) is 8.78 Å². The average Bonchev–Trinajstić information content (AvgIpc) is 2.41. The van der Waals surface area contributed by atoms with Gasteiger partial charge in [-0.2, -0.15) is 0 Å². The van der Waals surface area contributed by atoms with Crippen LogP contribution in [-0.2, 0) is 11.2 Å². The molecule has 2 aromatic rings. The van der Waals surface area contributed by atoms with E-state index < -0.39 is 5.91 Å². The predicted octanol–water partition coefficient (Wildman–Crippen LogP) is 3.17. The Morgan fingerprint density at radius 2 is 1.45 bits per heavy atom. The second kappa shape index (κ2) is 6.28. The van der Waals surface area contributed by atoms with Crippen LogP contribution in [0.15, 0.2) is 48.5 Å². The molecule has 0 bridgehead atoms. The molecule has 2 aromatic carbocycles.